The number of hydrogen-bond acceptors (Lipinski definition) is 4. The second-order valence-corrected chi connectivity index (χ2v) is 7.01. The molecule has 4 rings (SSSR count). The minimum atomic E-state index is 0.157. The van der Waals surface area contributed by atoms with Gasteiger partial charge in [0, 0.05) is 37.3 Å². The summed E-state index contributed by atoms with van der Waals surface area (Å²) in [5, 5.41) is 0. The predicted octanol–water partition coefficient (Wildman–Crippen LogP) is 4.34. The lowest BCUT2D eigenvalue weighted by atomic mass is 10.1. The number of carbonyl (C=O) groups is 1. The molecule has 1 saturated heterocycles. The van der Waals surface area contributed by atoms with Crippen LogP contribution in [-0.4, -0.2) is 27.3 Å². The minimum Gasteiger partial charge on any atom is -0.441 e. The molecule has 27 heavy (non-hydrogen) atoms. The van der Waals surface area contributed by atoms with Gasteiger partial charge in [-0.1, -0.05) is 29.8 Å². The lowest BCUT2D eigenvalue weighted by Crippen LogP contribution is -2.30. The molecule has 0 aliphatic carbocycles. The zero-order valence-electron chi connectivity index (χ0n) is 15.5. The Kier molecular flexibility index (Phi) is 5.01. The number of hydrogen-bond donors (Lipinski definition) is 0. The number of pyridine rings is 1. The first-order valence-corrected chi connectivity index (χ1v) is 9.42. The van der Waals surface area contributed by atoms with Gasteiger partial charge in [0.2, 0.25) is 5.91 Å². The van der Waals surface area contributed by atoms with E-state index in [4.69, 9.17) is 4.42 Å². The molecule has 5 heteroatoms. The first kappa shape index (κ1) is 17.5. The van der Waals surface area contributed by atoms with Gasteiger partial charge in [0.15, 0.2) is 11.7 Å². The van der Waals surface area contributed by atoms with E-state index in [9.17, 15) is 4.79 Å². The SMILES string of the molecule is Cc1ccc(-c2cnc(CCC(=O)N3CCCC3c3ccncc3)o2)cc1. The van der Waals surface area contributed by atoms with Crippen molar-refractivity contribution in [2.45, 2.75) is 38.6 Å². The van der Waals surface area contributed by atoms with E-state index in [-0.39, 0.29) is 11.9 Å². The minimum absolute atomic E-state index is 0.157. The molecule has 0 spiro atoms. The summed E-state index contributed by atoms with van der Waals surface area (Å²) in [7, 11) is 0. The molecular formula is C22H23N3O2. The van der Waals surface area contributed by atoms with Crippen molar-refractivity contribution in [1.82, 2.24) is 14.9 Å². The maximum absolute atomic E-state index is 12.8. The van der Waals surface area contributed by atoms with E-state index in [0.29, 0.717) is 18.7 Å². The van der Waals surface area contributed by atoms with E-state index in [1.807, 2.05) is 41.3 Å². The van der Waals surface area contributed by atoms with Crippen molar-refractivity contribution in [1.29, 1.82) is 0 Å². The van der Waals surface area contributed by atoms with E-state index < -0.39 is 0 Å². The lowest BCUT2D eigenvalue weighted by molar-refractivity contribution is -0.132. The topological polar surface area (TPSA) is 59.2 Å². The Morgan fingerprint density at radius 2 is 1.96 bits per heavy atom. The van der Waals surface area contributed by atoms with Crippen molar-refractivity contribution in [3.63, 3.8) is 0 Å². The van der Waals surface area contributed by atoms with E-state index >= 15 is 0 Å². The molecular weight excluding hydrogens is 338 g/mol. The Hall–Kier alpha value is -2.95. The van der Waals surface area contributed by atoms with Gasteiger partial charge in [-0.3, -0.25) is 9.78 Å². The largest absolute Gasteiger partial charge is 0.441 e. The predicted molar refractivity (Wildman–Crippen MR) is 103 cm³/mol. The zero-order chi connectivity index (χ0) is 18.6. The highest BCUT2D eigenvalue weighted by Gasteiger charge is 2.29. The molecule has 1 unspecified atom stereocenters. The Bertz CT molecular complexity index is 903. The third-order valence-corrected chi connectivity index (χ3v) is 5.11. The molecule has 0 bridgehead atoms. The van der Waals surface area contributed by atoms with Crippen LogP contribution in [0.5, 0.6) is 0 Å². The van der Waals surface area contributed by atoms with Crippen LogP contribution in [0.3, 0.4) is 0 Å². The van der Waals surface area contributed by atoms with Gasteiger partial charge in [0.05, 0.1) is 12.2 Å². The number of carbonyl (C=O) groups excluding carboxylic acids is 1. The summed E-state index contributed by atoms with van der Waals surface area (Å²) in [6, 6.07) is 12.3. The highest BCUT2D eigenvalue weighted by Crippen LogP contribution is 2.32. The molecule has 0 saturated carbocycles. The second-order valence-electron chi connectivity index (χ2n) is 7.01. The van der Waals surface area contributed by atoms with Crippen LogP contribution in [0, 0.1) is 6.92 Å². The van der Waals surface area contributed by atoms with Crippen molar-refractivity contribution < 1.29 is 9.21 Å². The van der Waals surface area contributed by atoms with Crippen LogP contribution in [-0.2, 0) is 11.2 Å². The van der Waals surface area contributed by atoms with Crippen LogP contribution < -0.4 is 0 Å². The summed E-state index contributed by atoms with van der Waals surface area (Å²) in [5.41, 5.74) is 3.37. The normalized spacial score (nSPS) is 16.6. The number of nitrogens with zero attached hydrogens (tertiary/aromatic N) is 3. The summed E-state index contributed by atoms with van der Waals surface area (Å²) >= 11 is 0. The number of rotatable bonds is 5. The fraction of sp³-hybridized carbons (Fsp3) is 0.318. The van der Waals surface area contributed by atoms with Crippen molar-refractivity contribution in [3.05, 3.63) is 72.0 Å². The third kappa shape index (κ3) is 3.92. The Balaban J connectivity index is 1.39. The summed E-state index contributed by atoms with van der Waals surface area (Å²) in [4.78, 5) is 23.2. The molecule has 2 aromatic heterocycles. The zero-order valence-corrected chi connectivity index (χ0v) is 15.5. The summed E-state index contributed by atoms with van der Waals surface area (Å²) in [6.07, 6.45) is 8.28. The lowest BCUT2D eigenvalue weighted by Gasteiger charge is -2.24. The highest BCUT2D eigenvalue weighted by molar-refractivity contribution is 5.77. The first-order valence-electron chi connectivity index (χ1n) is 9.42. The molecule has 3 heterocycles. The smallest absolute Gasteiger partial charge is 0.223 e. The van der Waals surface area contributed by atoms with Gasteiger partial charge in [-0.15, -0.1) is 0 Å². The van der Waals surface area contributed by atoms with Crippen LogP contribution in [0.15, 0.2) is 59.4 Å². The number of benzene rings is 1. The maximum atomic E-state index is 12.8. The van der Waals surface area contributed by atoms with E-state index in [2.05, 4.69) is 16.9 Å². The van der Waals surface area contributed by atoms with E-state index in [1.54, 1.807) is 18.6 Å². The van der Waals surface area contributed by atoms with Gasteiger partial charge in [0.25, 0.3) is 0 Å². The third-order valence-electron chi connectivity index (χ3n) is 5.11. The molecule has 3 aromatic rings. The number of likely N-dealkylation sites (tertiary alicyclic amines) is 1. The number of oxazole rings is 1. The van der Waals surface area contributed by atoms with Gasteiger partial charge in [-0.2, -0.15) is 0 Å². The first-order chi connectivity index (χ1) is 13.2. The standard InChI is InChI=1S/C22H23N3O2/c1-16-4-6-18(7-5-16)20-15-24-21(27-20)8-9-22(26)25-14-2-3-19(25)17-10-12-23-13-11-17/h4-7,10-13,15,19H,2-3,8-9,14H2,1H3. The Labute approximate surface area is 159 Å². The molecule has 138 valence electrons. The van der Waals surface area contributed by atoms with Crippen LogP contribution in [0.1, 0.15) is 42.3 Å². The quantitative estimate of drug-likeness (QED) is 0.678. The van der Waals surface area contributed by atoms with Crippen LogP contribution in [0.2, 0.25) is 0 Å². The average molecular weight is 361 g/mol. The average Bonchev–Trinajstić information content (AvgIpc) is 3.37. The molecule has 0 radical (unpaired) electrons. The number of amides is 1. The highest BCUT2D eigenvalue weighted by atomic mass is 16.4. The number of aromatic nitrogens is 2. The van der Waals surface area contributed by atoms with Crippen molar-refractivity contribution in [2.24, 2.45) is 0 Å². The van der Waals surface area contributed by atoms with Crippen LogP contribution >= 0.6 is 0 Å². The molecule has 1 aliphatic heterocycles. The maximum Gasteiger partial charge on any atom is 0.223 e. The molecule has 1 amide bonds. The molecule has 1 atom stereocenters. The second kappa shape index (κ2) is 7.74. The fourth-order valence-electron chi connectivity index (χ4n) is 3.63. The van der Waals surface area contributed by atoms with Gasteiger partial charge in [0.1, 0.15) is 0 Å². The van der Waals surface area contributed by atoms with Crippen LogP contribution in [0.4, 0.5) is 0 Å². The summed E-state index contributed by atoms with van der Waals surface area (Å²) in [6.45, 7) is 2.87. The molecule has 0 N–H and O–H groups in total. The van der Waals surface area contributed by atoms with Crippen molar-refractivity contribution >= 4 is 5.91 Å². The van der Waals surface area contributed by atoms with E-state index in [1.165, 1.54) is 5.56 Å². The Morgan fingerprint density at radius 1 is 1.19 bits per heavy atom. The summed E-state index contributed by atoms with van der Waals surface area (Å²) in [5.74, 6) is 1.51. The number of aryl methyl sites for hydroxylation is 2. The van der Waals surface area contributed by atoms with Gasteiger partial charge < -0.3 is 9.32 Å². The van der Waals surface area contributed by atoms with Crippen LogP contribution in [0.25, 0.3) is 11.3 Å². The van der Waals surface area contributed by atoms with Gasteiger partial charge >= 0.3 is 0 Å². The van der Waals surface area contributed by atoms with Gasteiger partial charge in [-0.25, -0.2) is 4.98 Å². The van der Waals surface area contributed by atoms with Crippen molar-refractivity contribution in [3.8, 4) is 11.3 Å². The molecule has 1 aromatic carbocycles. The molecule has 1 aliphatic rings. The molecule has 5 nitrogen and oxygen atoms in total. The van der Waals surface area contributed by atoms with Crippen molar-refractivity contribution in [2.75, 3.05) is 6.54 Å². The van der Waals surface area contributed by atoms with Gasteiger partial charge in [-0.05, 0) is 37.5 Å². The molecule has 1 fully saturated rings. The van der Waals surface area contributed by atoms with E-state index in [0.717, 1.165) is 36.3 Å². The summed E-state index contributed by atoms with van der Waals surface area (Å²) < 4.78 is 5.84. The Morgan fingerprint density at radius 3 is 2.74 bits per heavy atom. The monoisotopic (exact) mass is 361 g/mol. The fourth-order valence-corrected chi connectivity index (χ4v) is 3.63.